The predicted molar refractivity (Wildman–Crippen MR) is 191 cm³/mol. The minimum Gasteiger partial charge on any atom is -0.374 e. The Morgan fingerprint density at radius 1 is 1.06 bits per heavy atom. The summed E-state index contributed by atoms with van der Waals surface area (Å²) in [7, 11) is 0. The summed E-state index contributed by atoms with van der Waals surface area (Å²) in [5, 5.41) is 8.61. The van der Waals surface area contributed by atoms with Gasteiger partial charge >= 0.3 is 5.91 Å². The van der Waals surface area contributed by atoms with Crippen molar-refractivity contribution in [3.63, 3.8) is 0 Å². The minimum absolute atomic E-state index is 0.0169. The van der Waals surface area contributed by atoms with Crippen molar-refractivity contribution in [2.45, 2.75) is 148 Å². The van der Waals surface area contributed by atoms with Gasteiger partial charge in [-0.3, -0.25) is 29.0 Å². The number of rotatable bonds is 13. The van der Waals surface area contributed by atoms with E-state index in [-0.39, 0.29) is 70.4 Å². The van der Waals surface area contributed by atoms with E-state index in [4.69, 9.17) is 0 Å². The number of carbonyl (C=O) groups excluding carboxylic acids is 6. The van der Waals surface area contributed by atoms with E-state index in [1.54, 1.807) is 16.0 Å². The lowest BCUT2D eigenvalue weighted by molar-refractivity contribution is -0.779. The van der Waals surface area contributed by atoms with Gasteiger partial charge in [-0.1, -0.05) is 60.8 Å². The monoisotopic (exact) mass is 708 g/mol. The largest absolute Gasteiger partial charge is 0.374 e. The maximum Gasteiger partial charge on any atom is 0.334 e. The molecule has 13 heteroatoms. The molecule has 9 atom stereocenters. The smallest absolute Gasteiger partial charge is 0.334 e. The van der Waals surface area contributed by atoms with E-state index in [2.05, 4.69) is 34.8 Å². The maximum atomic E-state index is 15.3. The van der Waals surface area contributed by atoms with Gasteiger partial charge in [0.2, 0.25) is 11.7 Å². The van der Waals surface area contributed by atoms with Crippen molar-refractivity contribution < 1.29 is 33.3 Å². The molecule has 5 amide bonds. The molecule has 0 radical (unpaired) electrons. The SMILES string of the molecule is CCCC(C(=O)C(=O)NC1CC1)N1C(=O)[C@@H]2[C@@H]1[C@@H](CCC)CN2C(=O)[C@H](C(C)(C)C)[N+]1(C(=O)CNC(=O)C2=CN=CCN2)C2C(C)CCCC[C@@H]21. The van der Waals surface area contributed by atoms with Gasteiger partial charge in [-0.05, 0) is 44.4 Å². The molecule has 6 aliphatic rings. The molecule has 0 aromatic rings. The molecule has 5 fully saturated rings. The number of nitrogens with zero attached hydrogens (tertiary/aromatic N) is 4. The zero-order chi connectivity index (χ0) is 36.8. The van der Waals surface area contributed by atoms with Crippen LogP contribution >= 0.6 is 0 Å². The molecule has 0 bridgehead atoms. The summed E-state index contributed by atoms with van der Waals surface area (Å²) < 4.78 is -0.0169. The van der Waals surface area contributed by atoms with Crippen LogP contribution in [-0.4, -0.2) is 118 Å². The molecule has 0 aromatic carbocycles. The Kier molecular flexibility index (Phi) is 10.5. The third-order valence-electron chi connectivity index (χ3n) is 12.3. The Labute approximate surface area is 302 Å². The topological polar surface area (TPSA) is 157 Å². The van der Waals surface area contributed by atoms with Crippen molar-refractivity contribution in [3.8, 4) is 0 Å². The van der Waals surface area contributed by atoms with E-state index in [1.807, 2.05) is 27.7 Å². The van der Waals surface area contributed by atoms with Crippen molar-refractivity contribution in [1.29, 1.82) is 0 Å². The molecule has 2 aliphatic carbocycles. The molecule has 13 nitrogen and oxygen atoms in total. The number of amides is 5. The number of hydrogen-bond acceptors (Lipinski definition) is 8. The summed E-state index contributed by atoms with van der Waals surface area (Å²) in [5.74, 6) is -2.16. The average Bonchev–Trinajstić information content (AvgIpc) is 4.01. The third-order valence-corrected chi connectivity index (χ3v) is 12.3. The van der Waals surface area contributed by atoms with Gasteiger partial charge in [0.1, 0.15) is 24.3 Å². The van der Waals surface area contributed by atoms with E-state index in [9.17, 15) is 24.0 Å². The lowest BCUT2D eigenvalue weighted by atomic mass is 9.81. The van der Waals surface area contributed by atoms with Crippen molar-refractivity contribution in [2.75, 3.05) is 19.6 Å². The van der Waals surface area contributed by atoms with Gasteiger partial charge < -0.3 is 25.8 Å². The fourth-order valence-electron chi connectivity index (χ4n) is 10.1. The Hall–Kier alpha value is -3.61. The highest BCUT2D eigenvalue weighted by Gasteiger charge is 2.79. The van der Waals surface area contributed by atoms with Crippen LogP contribution in [-0.2, 0) is 28.8 Å². The Morgan fingerprint density at radius 2 is 1.78 bits per heavy atom. The summed E-state index contributed by atoms with van der Waals surface area (Å²) in [5.41, 5.74) is -0.367. The van der Waals surface area contributed by atoms with Gasteiger partial charge in [0.25, 0.3) is 17.7 Å². The van der Waals surface area contributed by atoms with Crippen LogP contribution in [0.1, 0.15) is 106 Å². The van der Waals surface area contributed by atoms with E-state index >= 15 is 4.79 Å². The second-order valence-electron chi connectivity index (χ2n) is 16.9. The van der Waals surface area contributed by atoms with Crippen LogP contribution in [0.25, 0.3) is 0 Å². The Bertz CT molecular complexity index is 1500. The zero-order valence-corrected chi connectivity index (χ0v) is 31.3. The molecule has 3 N–H and O–H groups in total. The molecular formula is C38H58N7O6+. The molecule has 4 unspecified atom stereocenters. The maximum absolute atomic E-state index is 15.3. The number of quaternary nitrogens is 1. The van der Waals surface area contributed by atoms with E-state index in [0.717, 1.165) is 51.4 Å². The van der Waals surface area contributed by atoms with Gasteiger partial charge in [0.15, 0.2) is 18.1 Å². The zero-order valence-electron chi connectivity index (χ0n) is 31.3. The molecule has 0 spiro atoms. The number of ketones is 1. The summed E-state index contributed by atoms with van der Waals surface area (Å²) in [6.07, 6.45) is 11.2. The number of Topliss-reactive ketones (excluding diaryl/α,β-unsaturated/α-hetero) is 1. The highest BCUT2D eigenvalue weighted by Crippen LogP contribution is 2.57. The summed E-state index contributed by atoms with van der Waals surface area (Å²) in [6.45, 7) is 12.7. The molecule has 4 heterocycles. The number of β-lactam (4-membered cyclic amide) rings is 1. The van der Waals surface area contributed by atoms with Crippen LogP contribution < -0.4 is 16.0 Å². The van der Waals surface area contributed by atoms with Crippen molar-refractivity contribution in [2.24, 2.45) is 22.2 Å². The first kappa shape index (κ1) is 37.2. The second-order valence-corrected chi connectivity index (χ2v) is 16.9. The first-order chi connectivity index (χ1) is 24.3. The van der Waals surface area contributed by atoms with Gasteiger partial charge in [-0.25, -0.2) is 9.28 Å². The standard InChI is InChI=1S/C38H57N7O6/c1-7-11-23-21-43(30-29(23)44(36(30)50)26(12-8-2)32(47)35(49)42-24-15-16-24)37(51)33(38(4,5)6)45(27-14-10-9-13-22(3)31(27)45)28(46)20-41-34(48)25-19-39-17-18-40-25/h17,19,22-24,26-27,29-31,33,40H,7-16,18,20-21H2,1-6H3,(H-,41,42,48,49)/p+1/t22?,23-,26?,27-,29-,30-,31?,33+,45?/m0/s1. The lowest BCUT2D eigenvalue weighted by Crippen LogP contribution is -2.74. The second kappa shape index (κ2) is 14.4. The number of carbonyl (C=O) groups is 6. The summed E-state index contributed by atoms with van der Waals surface area (Å²) in [4.78, 5) is 91.2. The number of nitrogens with one attached hydrogen (secondary N) is 3. The number of likely N-dealkylation sites (tertiary alicyclic amines) is 3. The highest BCUT2D eigenvalue weighted by molar-refractivity contribution is 6.38. The summed E-state index contributed by atoms with van der Waals surface area (Å²) >= 11 is 0. The van der Waals surface area contributed by atoms with Crippen LogP contribution in [0, 0.1) is 17.3 Å². The van der Waals surface area contributed by atoms with Crippen LogP contribution in [0.3, 0.4) is 0 Å². The van der Waals surface area contributed by atoms with Crippen LogP contribution in [0.15, 0.2) is 16.9 Å². The normalized spacial score (nSPS) is 32.3. The fourth-order valence-corrected chi connectivity index (χ4v) is 10.1. The van der Waals surface area contributed by atoms with Crippen LogP contribution in [0.4, 0.5) is 0 Å². The molecule has 4 aliphatic heterocycles. The Balaban J connectivity index is 1.31. The van der Waals surface area contributed by atoms with Crippen molar-refractivity contribution in [1.82, 2.24) is 25.8 Å². The first-order valence-electron chi connectivity index (χ1n) is 19.4. The average molecular weight is 709 g/mol. The molecule has 0 aromatic heterocycles. The van der Waals surface area contributed by atoms with Crippen LogP contribution in [0.5, 0.6) is 0 Å². The minimum atomic E-state index is -0.863. The molecule has 2 saturated carbocycles. The quantitative estimate of drug-likeness (QED) is 0.115. The van der Waals surface area contributed by atoms with Crippen LogP contribution in [0.2, 0.25) is 0 Å². The van der Waals surface area contributed by atoms with E-state index < -0.39 is 41.1 Å². The predicted octanol–water partition coefficient (Wildman–Crippen LogP) is 2.19. The first-order valence-corrected chi connectivity index (χ1v) is 19.4. The lowest BCUT2D eigenvalue weighted by Gasteiger charge is -2.51. The molecule has 6 rings (SSSR count). The highest BCUT2D eigenvalue weighted by atomic mass is 16.2. The molecule has 51 heavy (non-hydrogen) atoms. The van der Waals surface area contributed by atoms with E-state index in [1.165, 1.54) is 6.20 Å². The Morgan fingerprint density at radius 3 is 2.41 bits per heavy atom. The van der Waals surface area contributed by atoms with Crippen molar-refractivity contribution >= 4 is 41.5 Å². The number of aliphatic imine (C=N–C) groups is 1. The van der Waals surface area contributed by atoms with Gasteiger partial charge in [0.05, 0.1) is 18.8 Å². The molecular weight excluding hydrogens is 650 g/mol. The number of fused-ring (bicyclic) bond motifs is 2. The van der Waals surface area contributed by atoms with Gasteiger partial charge in [-0.15, -0.1) is 0 Å². The molecule has 280 valence electrons. The van der Waals surface area contributed by atoms with Gasteiger partial charge in [0, 0.05) is 36.6 Å². The number of hydrogen-bond donors (Lipinski definition) is 3. The fraction of sp³-hybridized carbons (Fsp3) is 0.763. The van der Waals surface area contributed by atoms with E-state index in [0.29, 0.717) is 25.9 Å². The van der Waals surface area contributed by atoms with Gasteiger partial charge in [-0.2, -0.15) is 0 Å². The molecule has 3 saturated heterocycles. The van der Waals surface area contributed by atoms with Crippen molar-refractivity contribution in [3.05, 3.63) is 11.9 Å². The summed E-state index contributed by atoms with van der Waals surface area (Å²) in [6, 6.07) is -2.81. The third kappa shape index (κ3) is 6.63.